The van der Waals surface area contributed by atoms with Crippen LogP contribution in [0, 0.1) is 0 Å². The van der Waals surface area contributed by atoms with Crippen LogP contribution in [0.3, 0.4) is 0 Å². The number of hydrogen-bond acceptors (Lipinski definition) is 3. The Morgan fingerprint density at radius 2 is 2.30 bits per heavy atom. The third-order valence-corrected chi connectivity index (χ3v) is 1.91. The lowest BCUT2D eigenvalue weighted by atomic mass is 9.89. The molecule has 1 aliphatic carbocycles. The monoisotopic (exact) mass is 145 g/mol. The highest BCUT2D eigenvalue weighted by Crippen LogP contribution is 2.18. The van der Waals surface area contributed by atoms with Crippen LogP contribution in [-0.2, 0) is 0 Å². The Bertz CT molecular complexity index is 106. The Morgan fingerprint density at radius 3 is 2.60 bits per heavy atom. The second-order valence-corrected chi connectivity index (χ2v) is 3.01. The van der Waals surface area contributed by atoms with Crippen LogP contribution in [0.1, 0.15) is 19.8 Å². The number of rotatable bonds is 3. The molecule has 0 aromatic heterocycles. The Kier molecular flexibility index (Phi) is 2.65. The first-order valence-electron chi connectivity index (χ1n) is 3.79. The molecule has 10 heavy (non-hydrogen) atoms. The van der Waals surface area contributed by atoms with E-state index >= 15 is 0 Å². The summed E-state index contributed by atoms with van der Waals surface area (Å²) in [5.41, 5.74) is 0. The van der Waals surface area contributed by atoms with Crippen LogP contribution < -0.4 is 5.32 Å². The number of aliphatic hydroxyl groups excluding tert-OH is 2. The summed E-state index contributed by atoms with van der Waals surface area (Å²) in [7, 11) is 0. The van der Waals surface area contributed by atoms with E-state index in [9.17, 15) is 0 Å². The molecule has 60 valence electrons. The van der Waals surface area contributed by atoms with Crippen LogP contribution >= 0.6 is 0 Å². The fraction of sp³-hybridized carbons (Fsp3) is 1.00. The van der Waals surface area contributed by atoms with Crippen molar-refractivity contribution in [1.29, 1.82) is 0 Å². The minimum atomic E-state index is -0.312. The van der Waals surface area contributed by atoms with E-state index in [0.717, 1.165) is 12.8 Å². The number of nitrogens with one attached hydrogen (secondary N) is 1. The third kappa shape index (κ3) is 1.94. The molecule has 1 aliphatic rings. The Labute approximate surface area is 61.1 Å². The second-order valence-electron chi connectivity index (χ2n) is 3.01. The molecular formula is C7H15NO2. The zero-order valence-electron chi connectivity index (χ0n) is 6.25. The molecule has 1 saturated carbocycles. The number of hydrogen-bond donors (Lipinski definition) is 3. The zero-order valence-corrected chi connectivity index (χ0v) is 6.25. The topological polar surface area (TPSA) is 52.5 Å². The van der Waals surface area contributed by atoms with Gasteiger partial charge in [0, 0.05) is 12.6 Å². The molecule has 0 radical (unpaired) electrons. The van der Waals surface area contributed by atoms with Crippen molar-refractivity contribution in [2.24, 2.45) is 0 Å². The van der Waals surface area contributed by atoms with E-state index in [-0.39, 0.29) is 18.2 Å². The molecule has 3 nitrogen and oxygen atoms in total. The number of aliphatic hydroxyl groups is 2. The van der Waals surface area contributed by atoms with Gasteiger partial charge < -0.3 is 15.5 Å². The summed E-state index contributed by atoms with van der Waals surface area (Å²) in [4.78, 5) is 0. The van der Waals surface area contributed by atoms with Crippen LogP contribution in [-0.4, -0.2) is 35.0 Å². The first-order valence-corrected chi connectivity index (χ1v) is 3.79. The predicted octanol–water partition coefficient (Wildman–Crippen LogP) is -0.520. The van der Waals surface area contributed by atoms with Crippen LogP contribution in [0.2, 0.25) is 0 Å². The Balaban J connectivity index is 2.03. The lowest BCUT2D eigenvalue weighted by molar-refractivity contribution is 0.0434. The van der Waals surface area contributed by atoms with Gasteiger partial charge >= 0.3 is 0 Å². The Morgan fingerprint density at radius 1 is 1.60 bits per heavy atom. The van der Waals surface area contributed by atoms with Crippen molar-refractivity contribution >= 4 is 0 Å². The van der Waals surface area contributed by atoms with Crippen molar-refractivity contribution in [3.63, 3.8) is 0 Å². The van der Waals surface area contributed by atoms with Crippen molar-refractivity contribution in [2.75, 3.05) is 6.54 Å². The fourth-order valence-electron chi connectivity index (χ4n) is 1.04. The summed E-state index contributed by atoms with van der Waals surface area (Å²) in [5.74, 6) is 0. The molecule has 0 amide bonds. The quantitative estimate of drug-likeness (QED) is 0.501. The van der Waals surface area contributed by atoms with Gasteiger partial charge in [0.25, 0.3) is 0 Å². The van der Waals surface area contributed by atoms with E-state index in [1.807, 2.05) is 0 Å². The molecular weight excluding hydrogens is 130 g/mol. The highest BCUT2D eigenvalue weighted by atomic mass is 16.3. The highest BCUT2D eigenvalue weighted by molar-refractivity contribution is 4.86. The maximum atomic E-state index is 9.08. The molecule has 0 aromatic carbocycles. The minimum Gasteiger partial charge on any atom is -0.392 e. The summed E-state index contributed by atoms with van der Waals surface area (Å²) in [6.07, 6.45) is 1.44. The van der Waals surface area contributed by atoms with E-state index in [2.05, 4.69) is 5.32 Å². The summed E-state index contributed by atoms with van der Waals surface area (Å²) >= 11 is 0. The van der Waals surface area contributed by atoms with E-state index < -0.39 is 0 Å². The smallest absolute Gasteiger partial charge is 0.0693 e. The van der Waals surface area contributed by atoms with Gasteiger partial charge in [-0.3, -0.25) is 0 Å². The van der Waals surface area contributed by atoms with Crippen molar-refractivity contribution in [1.82, 2.24) is 5.32 Å². The second kappa shape index (κ2) is 3.32. The molecule has 3 N–H and O–H groups in total. The SMILES string of the molecule is CC(O)CN[C@@H]1CC[C@H]1O. The molecule has 0 aliphatic heterocycles. The molecule has 0 heterocycles. The van der Waals surface area contributed by atoms with Crippen molar-refractivity contribution in [2.45, 2.75) is 38.0 Å². The minimum absolute atomic E-state index is 0.182. The van der Waals surface area contributed by atoms with Crippen LogP contribution in [0.5, 0.6) is 0 Å². The molecule has 3 heteroatoms. The molecule has 3 atom stereocenters. The van der Waals surface area contributed by atoms with Gasteiger partial charge in [0.1, 0.15) is 0 Å². The van der Waals surface area contributed by atoms with Crippen molar-refractivity contribution < 1.29 is 10.2 Å². The van der Waals surface area contributed by atoms with Gasteiger partial charge in [0.05, 0.1) is 12.2 Å². The standard InChI is InChI=1S/C7H15NO2/c1-5(9)4-8-6-2-3-7(6)10/h5-10H,2-4H2,1H3/t5?,6-,7-/m1/s1. The van der Waals surface area contributed by atoms with E-state index in [0.29, 0.717) is 6.54 Å². The normalized spacial score (nSPS) is 35.1. The van der Waals surface area contributed by atoms with Crippen molar-refractivity contribution in [3.05, 3.63) is 0 Å². The Hall–Kier alpha value is -0.120. The lowest BCUT2D eigenvalue weighted by Crippen LogP contribution is -2.49. The van der Waals surface area contributed by atoms with Crippen LogP contribution in [0.4, 0.5) is 0 Å². The summed E-state index contributed by atoms with van der Waals surface area (Å²) in [6, 6.07) is 0.231. The zero-order chi connectivity index (χ0) is 7.56. The largest absolute Gasteiger partial charge is 0.392 e. The maximum Gasteiger partial charge on any atom is 0.0693 e. The molecule has 0 saturated heterocycles. The molecule has 1 fully saturated rings. The molecule has 0 bridgehead atoms. The lowest BCUT2D eigenvalue weighted by Gasteiger charge is -2.33. The van der Waals surface area contributed by atoms with Gasteiger partial charge in [-0.05, 0) is 19.8 Å². The fourth-order valence-corrected chi connectivity index (χ4v) is 1.04. The average molecular weight is 145 g/mol. The molecule has 0 spiro atoms. The first-order chi connectivity index (χ1) is 4.70. The first kappa shape index (κ1) is 7.98. The third-order valence-electron chi connectivity index (χ3n) is 1.91. The van der Waals surface area contributed by atoms with Gasteiger partial charge in [0.2, 0.25) is 0 Å². The summed E-state index contributed by atoms with van der Waals surface area (Å²) in [6.45, 7) is 2.32. The summed E-state index contributed by atoms with van der Waals surface area (Å²) in [5, 5.41) is 21.0. The van der Waals surface area contributed by atoms with Gasteiger partial charge in [-0.25, -0.2) is 0 Å². The van der Waals surface area contributed by atoms with Gasteiger partial charge in [-0.2, -0.15) is 0 Å². The molecule has 1 unspecified atom stereocenters. The highest BCUT2D eigenvalue weighted by Gasteiger charge is 2.27. The van der Waals surface area contributed by atoms with E-state index in [4.69, 9.17) is 10.2 Å². The van der Waals surface area contributed by atoms with Crippen LogP contribution in [0.25, 0.3) is 0 Å². The molecule has 1 rings (SSSR count). The average Bonchev–Trinajstić information content (AvgIpc) is 1.84. The van der Waals surface area contributed by atoms with Crippen molar-refractivity contribution in [3.8, 4) is 0 Å². The van der Waals surface area contributed by atoms with E-state index in [1.165, 1.54) is 0 Å². The summed E-state index contributed by atoms with van der Waals surface area (Å²) < 4.78 is 0. The van der Waals surface area contributed by atoms with Gasteiger partial charge in [-0.15, -0.1) is 0 Å². The van der Waals surface area contributed by atoms with Gasteiger partial charge in [0.15, 0.2) is 0 Å². The van der Waals surface area contributed by atoms with E-state index in [1.54, 1.807) is 6.92 Å². The maximum absolute atomic E-state index is 9.08. The van der Waals surface area contributed by atoms with Gasteiger partial charge in [-0.1, -0.05) is 0 Å². The molecule has 0 aromatic rings. The predicted molar refractivity (Wildman–Crippen MR) is 38.7 cm³/mol. The van der Waals surface area contributed by atoms with Crippen LogP contribution in [0.15, 0.2) is 0 Å².